The molecule has 0 fully saturated rings. The van der Waals surface area contributed by atoms with E-state index >= 15 is 0 Å². The van der Waals surface area contributed by atoms with Crippen LogP contribution in [0, 0.1) is 11.3 Å². The summed E-state index contributed by atoms with van der Waals surface area (Å²) >= 11 is 0. The van der Waals surface area contributed by atoms with E-state index in [9.17, 15) is 4.79 Å². The highest BCUT2D eigenvalue weighted by Crippen LogP contribution is 2.23. The van der Waals surface area contributed by atoms with E-state index in [1.54, 1.807) is 0 Å². The molecule has 1 unspecified atom stereocenters. The van der Waals surface area contributed by atoms with E-state index < -0.39 is 6.04 Å². The SMILES string of the molecule is CCCC(=O)NC(C#N)c1ccc(C(C)(C)C)cc1. The van der Waals surface area contributed by atoms with Crippen LogP contribution in [-0.2, 0) is 10.2 Å². The average molecular weight is 258 g/mol. The smallest absolute Gasteiger partial charge is 0.221 e. The number of rotatable bonds is 4. The number of hydrogen-bond acceptors (Lipinski definition) is 2. The first-order valence-corrected chi connectivity index (χ1v) is 6.68. The van der Waals surface area contributed by atoms with Crippen molar-refractivity contribution >= 4 is 5.91 Å². The monoisotopic (exact) mass is 258 g/mol. The molecule has 0 aliphatic carbocycles. The second-order valence-corrected chi connectivity index (χ2v) is 5.75. The van der Waals surface area contributed by atoms with Gasteiger partial charge in [0.2, 0.25) is 5.91 Å². The summed E-state index contributed by atoms with van der Waals surface area (Å²) in [5.41, 5.74) is 2.14. The number of carbonyl (C=O) groups excluding carboxylic acids is 1. The number of benzene rings is 1. The van der Waals surface area contributed by atoms with Gasteiger partial charge in [-0.1, -0.05) is 52.0 Å². The predicted octanol–water partition coefficient (Wildman–Crippen LogP) is 3.47. The van der Waals surface area contributed by atoms with Gasteiger partial charge in [0.15, 0.2) is 0 Å². The Kier molecular flexibility index (Phi) is 5.11. The van der Waals surface area contributed by atoms with Gasteiger partial charge in [0.05, 0.1) is 6.07 Å². The molecule has 0 saturated heterocycles. The van der Waals surface area contributed by atoms with Crippen molar-refractivity contribution < 1.29 is 4.79 Å². The molecule has 1 aromatic carbocycles. The van der Waals surface area contributed by atoms with Gasteiger partial charge >= 0.3 is 0 Å². The molecule has 0 aliphatic rings. The van der Waals surface area contributed by atoms with Crippen molar-refractivity contribution in [3.05, 3.63) is 35.4 Å². The van der Waals surface area contributed by atoms with Crippen molar-refractivity contribution in [2.24, 2.45) is 0 Å². The Balaban J connectivity index is 2.83. The molecule has 1 N–H and O–H groups in total. The fraction of sp³-hybridized carbons (Fsp3) is 0.500. The van der Waals surface area contributed by atoms with Crippen LogP contribution in [0.4, 0.5) is 0 Å². The number of carbonyl (C=O) groups is 1. The van der Waals surface area contributed by atoms with Crippen molar-refractivity contribution in [3.8, 4) is 6.07 Å². The van der Waals surface area contributed by atoms with Crippen molar-refractivity contribution in [2.45, 2.75) is 52.0 Å². The molecule has 1 atom stereocenters. The first-order chi connectivity index (χ1) is 8.88. The van der Waals surface area contributed by atoms with Crippen LogP contribution in [0.15, 0.2) is 24.3 Å². The first-order valence-electron chi connectivity index (χ1n) is 6.68. The molecular formula is C16H22N2O. The molecule has 0 bridgehead atoms. The largest absolute Gasteiger partial charge is 0.337 e. The third-order valence-corrected chi connectivity index (χ3v) is 3.02. The lowest BCUT2D eigenvalue weighted by Gasteiger charge is -2.20. The molecule has 0 aromatic heterocycles. The molecule has 1 rings (SSSR count). The predicted molar refractivity (Wildman–Crippen MR) is 76.5 cm³/mol. The van der Waals surface area contributed by atoms with Gasteiger partial charge in [-0.15, -0.1) is 0 Å². The molecule has 0 spiro atoms. The van der Waals surface area contributed by atoms with Gasteiger partial charge in [0.25, 0.3) is 0 Å². The van der Waals surface area contributed by atoms with Gasteiger partial charge in [-0.2, -0.15) is 5.26 Å². The topological polar surface area (TPSA) is 52.9 Å². The van der Waals surface area contributed by atoms with Crippen LogP contribution in [0.5, 0.6) is 0 Å². The normalized spacial score (nSPS) is 12.6. The van der Waals surface area contributed by atoms with Gasteiger partial charge in [-0.05, 0) is 23.0 Å². The summed E-state index contributed by atoms with van der Waals surface area (Å²) in [6.07, 6.45) is 1.24. The van der Waals surface area contributed by atoms with Crippen LogP contribution in [0.25, 0.3) is 0 Å². The van der Waals surface area contributed by atoms with Crippen LogP contribution < -0.4 is 5.32 Å². The quantitative estimate of drug-likeness (QED) is 0.899. The molecule has 102 valence electrons. The van der Waals surface area contributed by atoms with Crippen LogP contribution in [-0.4, -0.2) is 5.91 Å². The second-order valence-electron chi connectivity index (χ2n) is 5.75. The van der Waals surface area contributed by atoms with Crippen LogP contribution in [0.3, 0.4) is 0 Å². The zero-order valence-corrected chi connectivity index (χ0v) is 12.2. The van der Waals surface area contributed by atoms with Gasteiger partial charge in [0, 0.05) is 6.42 Å². The van der Waals surface area contributed by atoms with Gasteiger partial charge in [0.1, 0.15) is 6.04 Å². The van der Waals surface area contributed by atoms with Crippen LogP contribution in [0.1, 0.15) is 57.7 Å². The summed E-state index contributed by atoms with van der Waals surface area (Å²) in [5, 5.41) is 11.9. The molecule has 1 aromatic rings. The molecule has 0 heterocycles. The Hall–Kier alpha value is -1.82. The van der Waals surface area contributed by atoms with Crippen molar-refractivity contribution in [3.63, 3.8) is 0 Å². The maximum absolute atomic E-state index is 11.5. The summed E-state index contributed by atoms with van der Waals surface area (Å²) < 4.78 is 0. The molecular weight excluding hydrogens is 236 g/mol. The molecule has 0 aliphatic heterocycles. The number of nitrogens with zero attached hydrogens (tertiary/aromatic N) is 1. The molecule has 3 heteroatoms. The van der Waals surface area contributed by atoms with Crippen molar-refractivity contribution in [2.75, 3.05) is 0 Å². The number of hydrogen-bond donors (Lipinski definition) is 1. The van der Waals surface area contributed by atoms with E-state index in [1.165, 1.54) is 5.56 Å². The van der Waals surface area contributed by atoms with Crippen LogP contribution in [0.2, 0.25) is 0 Å². The summed E-state index contributed by atoms with van der Waals surface area (Å²) in [4.78, 5) is 11.5. The molecule has 19 heavy (non-hydrogen) atoms. The Morgan fingerprint density at radius 1 is 1.32 bits per heavy atom. The van der Waals surface area contributed by atoms with E-state index in [0.29, 0.717) is 6.42 Å². The minimum Gasteiger partial charge on any atom is -0.337 e. The summed E-state index contributed by atoms with van der Waals surface area (Å²) in [6.45, 7) is 8.38. The lowest BCUT2D eigenvalue weighted by molar-refractivity contribution is -0.121. The fourth-order valence-corrected chi connectivity index (χ4v) is 1.83. The molecule has 0 radical (unpaired) electrons. The lowest BCUT2D eigenvalue weighted by atomic mass is 9.86. The highest BCUT2D eigenvalue weighted by Gasteiger charge is 2.16. The highest BCUT2D eigenvalue weighted by molar-refractivity contribution is 5.76. The Bertz CT molecular complexity index is 463. The number of nitriles is 1. The standard InChI is InChI=1S/C16H22N2O/c1-5-6-15(19)18-14(11-17)12-7-9-13(10-8-12)16(2,3)4/h7-10,14H,5-6H2,1-4H3,(H,18,19). The molecule has 0 saturated carbocycles. The fourth-order valence-electron chi connectivity index (χ4n) is 1.83. The van der Waals surface area contributed by atoms with E-state index in [-0.39, 0.29) is 11.3 Å². The second kappa shape index (κ2) is 6.38. The maximum atomic E-state index is 11.5. The molecule has 1 amide bonds. The average Bonchev–Trinajstić information content (AvgIpc) is 2.35. The van der Waals surface area contributed by atoms with Gasteiger partial charge in [-0.3, -0.25) is 4.79 Å². The summed E-state index contributed by atoms with van der Waals surface area (Å²) in [6, 6.07) is 9.45. The van der Waals surface area contributed by atoms with E-state index in [1.807, 2.05) is 31.2 Å². The third kappa shape index (κ3) is 4.40. The van der Waals surface area contributed by atoms with Crippen LogP contribution >= 0.6 is 0 Å². The van der Waals surface area contributed by atoms with Gasteiger partial charge in [-0.25, -0.2) is 0 Å². The maximum Gasteiger partial charge on any atom is 0.221 e. The Morgan fingerprint density at radius 2 is 1.89 bits per heavy atom. The summed E-state index contributed by atoms with van der Waals surface area (Å²) in [7, 11) is 0. The Labute approximate surface area is 115 Å². The number of nitrogens with one attached hydrogen (secondary N) is 1. The highest BCUT2D eigenvalue weighted by atomic mass is 16.1. The summed E-state index contributed by atoms with van der Waals surface area (Å²) in [5.74, 6) is -0.0750. The zero-order valence-electron chi connectivity index (χ0n) is 12.2. The number of amides is 1. The molecule has 3 nitrogen and oxygen atoms in total. The minimum atomic E-state index is -0.562. The van der Waals surface area contributed by atoms with Crippen molar-refractivity contribution in [1.82, 2.24) is 5.32 Å². The van der Waals surface area contributed by atoms with E-state index in [2.05, 4.69) is 32.2 Å². The Morgan fingerprint density at radius 3 is 2.32 bits per heavy atom. The zero-order chi connectivity index (χ0) is 14.5. The lowest BCUT2D eigenvalue weighted by Crippen LogP contribution is -2.27. The van der Waals surface area contributed by atoms with Gasteiger partial charge < -0.3 is 5.32 Å². The minimum absolute atomic E-state index is 0.0750. The first kappa shape index (κ1) is 15.2. The third-order valence-electron chi connectivity index (χ3n) is 3.02. The van der Waals surface area contributed by atoms with E-state index in [4.69, 9.17) is 5.26 Å². The van der Waals surface area contributed by atoms with Crippen molar-refractivity contribution in [1.29, 1.82) is 5.26 Å². The van der Waals surface area contributed by atoms with E-state index in [0.717, 1.165) is 12.0 Å².